The quantitative estimate of drug-likeness (QED) is 0.900. The Morgan fingerprint density at radius 3 is 2.89 bits per heavy atom. The van der Waals surface area contributed by atoms with Gasteiger partial charge in [-0.15, -0.1) is 11.3 Å². The Hall–Kier alpha value is -1.46. The van der Waals surface area contributed by atoms with E-state index in [1.54, 1.807) is 17.5 Å². The van der Waals surface area contributed by atoms with Gasteiger partial charge in [0.15, 0.2) is 0 Å². The van der Waals surface area contributed by atoms with Crippen LogP contribution in [0.5, 0.6) is 5.75 Å². The zero-order valence-electron chi connectivity index (χ0n) is 10.8. The Bertz CT molecular complexity index is 512. The van der Waals surface area contributed by atoms with Crippen LogP contribution in [0.25, 0.3) is 0 Å². The van der Waals surface area contributed by atoms with Gasteiger partial charge in [0.25, 0.3) is 0 Å². The molecule has 0 aliphatic carbocycles. The summed E-state index contributed by atoms with van der Waals surface area (Å²) in [5.74, 6) is 0.803. The van der Waals surface area contributed by atoms with Crippen LogP contribution in [0, 0.1) is 6.92 Å². The molecule has 0 aliphatic rings. The summed E-state index contributed by atoms with van der Waals surface area (Å²) in [5.41, 5.74) is 4.02. The van der Waals surface area contributed by atoms with Crippen LogP contribution >= 0.6 is 11.3 Å². The number of pyridine rings is 1. The predicted molar refractivity (Wildman–Crippen MR) is 73.2 cm³/mol. The topological polar surface area (TPSA) is 47.0 Å². The van der Waals surface area contributed by atoms with Crippen molar-refractivity contribution >= 4 is 11.3 Å². The fourth-order valence-corrected chi connectivity index (χ4v) is 2.81. The Morgan fingerprint density at radius 1 is 1.44 bits per heavy atom. The lowest BCUT2D eigenvalue weighted by Crippen LogP contribution is -2.17. The number of thiazole rings is 1. The summed E-state index contributed by atoms with van der Waals surface area (Å²) < 4.78 is 5.49. The molecular weight excluding hydrogens is 246 g/mol. The average molecular weight is 263 g/mol. The largest absolute Gasteiger partial charge is 0.492 e. The number of hydrogen-bond donors (Lipinski definition) is 1. The maximum Gasteiger partial charge on any atom is 0.137 e. The molecule has 1 unspecified atom stereocenters. The van der Waals surface area contributed by atoms with Gasteiger partial charge >= 0.3 is 0 Å². The Labute approximate surface area is 111 Å². The van der Waals surface area contributed by atoms with E-state index in [-0.39, 0.29) is 6.04 Å². The van der Waals surface area contributed by atoms with Crippen LogP contribution in [-0.2, 0) is 0 Å². The van der Waals surface area contributed by atoms with Crippen LogP contribution in [-0.4, -0.2) is 23.6 Å². The summed E-state index contributed by atoms with van der Waals surface area (Å²) in [6, 6.07) is 2.14. The van der Waals surface area contributed by atoms with Crippen LogP contribution in [0.15, 0.2) is 24.0 Å². The van der Waals surface area contributed by atoms with Crippen LogP contribution in [0.4, 0.5) is 0 Å². The second-order valence-corrected chi connectivity index (χ2v) is 4.80. The van der Waals surface area contributed by atoms with Crippen LogP contribution < -0.4 is 10.1 Å². The molecule has 0 bridgehead atoms. The highest BCUT2D eigenvalue weighted by Crippen LogP contribution is 2.28. The number of nitrogens with one attached hydrogen (secondary N) is 1. The van der Waals surface area contributed by atoms with Crippen molar-refractivity contribution in [2.75, 3.05) is 13.7 Å². The number of hydrogen-bond acceptors (Lipinski definition) is 5. The van der Waals surface area contributed by atoms with Crippen molar-refractivity contribution in [3.05, 3.63) is 40.1 Å². The van der Waals surface area contributed by atoms with E-state index in [0.717, 1.165) is 17.0 Å². The van der Waals surface area contributed by atoms with Gasteiger partial charge in [0.05, 0.1) is 30.1 Å². The smallest absolute Gasteiger partial charge is 0.137 e. The zero-order chi connectivity index (χ0) is 13.0. The Balaban J connectivity index is 2.33. The first-order chi connectivity index (χ1) is 8.76. The molecule has 0 amide bonds. The summed E-state index contributed by atoms with van der Waals surface area (Å²) in [6.07, 6.45) is 3.60. The molecule has 96 valence electrons. The molecule has 2 rings (SSSR count). The third-order valence-electron chi connectivity index (χ3n) is 2.71. The van der Waals surface area contributed by atoms with Gasteiger partial charge in [0.2, 0.25) is 0 Å². The van der Waals surface area contributed by atoms with E-state index in [9.17, 15) is 0 Å². The van der Waals surface area contributed by atoms with Gasteiger partial charge in [-0.25, -0.2) is 4.98 Å². The summed E-state index contributed by atoms with van der Waals surface area (Å²) in [5, 5.41) is 3.31. The lowest BCUT2D eigenvalue weighted by Gasteiger charge is -2.16. The molecule has 2 heterocycles. The molecule has 0 aromatic carbocycles. The number of aromatic nitrogens is 2. The SMILES string of the molecule is CCOc1cncc(C(NC)c2scnc2C)c1. The van der Waals surface area contributed by atoms with Crippen molar-refractivity contribution in [1.82, 2.24) is 15.3 Å². The van der Waals surface area contributed by atoms with E-state index in [1.165, 1.54) is 4.88 Å². The summed E-state index contributed by atoms with van der Waals surface area (Å²) in [4.78, 5) is 9.74. The first-order valence-electron chi connectivity index (χ1n) is 5.91. The minimum absolute atomic E-state index is 0.116. The van der Waals surface area contributed by atoms with Gasteiger partial charge in [-0.05, 0) is 32.5 Å². The summed E-state index contributed by atoms with van der Waals surface area (Å²) >= 11 is 1.65. The lowest BCUT2D eigenvalue weighted by atomic mass is 10.1. The second-order valence-electron chi connectivity index (χ2n) is 3.91. The predicted octanol–water partition coefficient (Wildman–Crippen LogP) is 2.55. The van der Waals surface area contributed by atoms with Gasteiger partial charge in [-0.2, -0.15) is 0 Å². The second kappa shape index (κ2) is 5.93. The molecule has 2 aromatic rings. The first kappa shape index (κ1) is 13.0. The highest BCUT2D eigenvalue weighted by molar-refractivity contribution is 7.09. The summed E-state index contributed by atoms with van der Waals surface area (Å²) in [7, 11) is 1.94. The van der Waals surface area contributed by atoms with Gasteiger partial charge in [0, 0.05) is 11.1 Å². The fourth-order valence-electron chi connectivity index (χ4n) is 1.88. The first-order valence-corrected chi connectivity index (χ1v) is 6.79. The van der Waals surface area contributed by atoms with Crippen molar-refractivity contribution in [3.63, 3.8) is 0 Å². The molecule has 0 fully saturated rings. The average Bonchev–Trinajstić information content (AvgIpc) is 2.78. The van der Waals surface area contributed by atoms with Gasteiger partial charge in [-0.1, -0.05) is 0 Å². The minimum Gasteiger partial charge on any atom is -0.492 e. The van der Waals surface area contributed by atoms with E-state index in [0.29, 0.717) is 6.61 Å². The molecule has 2 aromatic heterocycles. The van der Waals surface area contributed by atoms with Crippen molar-refractivity contribution in [1.29, 1.82) is 0 Å². The van der Waals surface area contributed by atoms with Crippen LogP contribution in [0.2, 0.25) is 0 Å². The van der Waals surface area contributed by atoms with Crippen LogP contribution in [0.1, 0.15) is 29.1 Å². The standard InChI is InChI=1S/C13H17N3OS/c1-4-17-11-5-10(6-15-7-11)12(14-3)13-9(2)16-8-18-13/h5-8,12,14H,4H2,1-3H3. The number of ether oxygens (including phenoxy) is 1. The normalized spacial score (nSPS) is 12.4. The number of rotatable bonds is 5. The highest BCUT2D eigenvalue weighted by atomic mass is 32.1. The fraction of sp³-hybridized carbons (Fsp3) is 0.385. The van der Waals surface area contributed by atoms with E-state index in [2.05, 4.69) is 15.3 Å². The molecule has 0 spiro atoms. The molecule has 4 nitrogen and oxygen atoms in total. The molecular formula is C13H17N3OS. The van der Waals surface area contributed by atoms with Crippen molar-refractivity contribution in [2.24, 2.45) is 0 Å². The molecule has 5 heteroatoms. The van der Waals surface area contributed by atoms with E-state index >= 15 is 0 Å². The number of nitrogens with zero attached hydrogens (tertiary/aromatic N) is 2. The minimum atomic E-state index is 0.116. The molecule has 0 aliphatic heterocycles. The van der Waals surface area contributed by atoms with E-state index in [1.807, 2.05) is 38.7 Å². The maximum atomic E-state index is 5.49. The molecule has 0 radical (unpaired) electrons. The molecule has 0 saturated heterocycles. The van der Waals surface area contributed by atoms with Crippen LogP contribution in [0.3, 0.4) is 0 Å². The Kier molecular flexibility index (Phi) is 4.28. The molecule has 18 heavy (non-hydrogen) atoms. The highest BCUT2D eigenvalue weighted by Gasteiger charge is 2.17. The molecule has 1 atom stereocenters. The third-order valence-corrected chi connectivity index (χ3v) is 3.71. The molecule has 1 N–H and O–H groups in total. The van der Waals surface area contributed by atoms with Gasteiger partial charge in [-0.3, -0.25) is 4.98 Å². The third kappa shape index (κ3) is 2.68. The monoisotopic (exact) mass is 263 g/mol. The molecule has 0 saturated carbocycles. The zero-order valence-corrected chi connectivity index (χ0v) is 11.6. The lowest BCUT2D eigenvalue weighted by molar-refractivity contribution is 0.338. The maximum absolute atomic E-state index is 5.49. The summed E-state index contributed by atoms with van der Waals surface area (Å²) in [6.45, 7) is 4.64. The van der Waals surface area contributed by atoms with Crippen molar-refractivity contribution < 1.29 is 4.74 Å². The van der Waals surface area contributed by atoms with E-state index in [4.69, 9.17) is 4.74 Å². The van der Waals surface area contributed by atoms with Gasteiger partial charge in [0.1, 0.15) is 5.75 Å². The van der Waals surface area contributed by atoms with Crippen molar-refractivity contribution in [2.45, 2.75) is 19.9 Å². The van der Waals surface area contributed by atoms with Gasteiger partial charge < -0.3 is 10.1 Å². The van der Waals surface area contributed by atoms with E-state index < -0.39 is 0 Å². The van der Waals surface area contributed by atoms with Crippen molar-refractivity contribution in [3.8, 4) is 5.75 Å². The Morgan fingerprint density at radius 2 is 2.28 bits per heavy atom. The number of aryl methyl sites for hydroxylation is 1.